The van der Waals surface area contributed by atoms with E-state index in [1.807, 2.05) is 0 Å². The second-order valence-electron chi connectivity index (χ2n) is 7.34. The zero-order chi connectivity index (χ0) is 22.1. The number of nitrogens with zero attached hydrogens (tertiary/aromatic N) is 3. The first-order valence-electron chi connectivity index (χ1n) is 9.25. The van der Waals surface area contributed by atoms with Gasteiger partial charge in [0.1, 0.15) is 11.4 Å². The van der Waals surface area contributed by atoms with E-state index >= 15 is 0 Å². The molecule has 0 saturated heterocycles. The van der Waals surface area contributed by atoms with E-state index in [0.29, 0.717) is 6.29 Å². The zero-order valence-corrected chi connectivity index (χ0v) is 16.0. The number of alkyl halides is 5. The molecule has 1 aliphatic rings. The number of hydrogen-bond acceptors (Lipinski definition) is 4. The first-order chi connectivity index (χ1) is 14.0. The Bertz CT molecular complexity index is 945. The summed E-state index contributed by atoms with van der Waals surface area (Å²) in [6.07, 6.45) is -3.49. The number of aromatic nitrogens is 3. The average molecular weight is 430 g/mol. The van der Waals surface area contributed by atoms with Crippen molar-refractivity contribution in [1.29, 1.82) is 0 Å². The quantitative estimate of drug-likeness (QED) is 0.560. The van der Waals surface area contributed by atoms with Gasteiger partial charge >= 0.3 is 6.18 Å². The number of carbonyl (C=O) groups is 2. The van der Waals surface area contributed by atoms with Gasteiger partial charge < -0.3 is 5.32 Å². The number of halogens is 5. The van der Waals surface area contributed by atoms with Crippen LogP contribution in [0.15, 0.2) is 18.3 Å². The minimum atomic E-state index is -4.77. The van der Waals surface area contributed by atoms with Crippen LogP contribution in [0.3, 0.4) is 0 Å². The SMILES string of the molecule is Cc1c(C(F)(F)F)nn(CC2CCC(F)(F)CC2)c1C(=O)Nc1ccnc(C=O)c1. The Kier molecular flexibility index (Phi) is 5.91. The molecule has 1 aliphatic carbocycles. The summed E-state index contributed by atoms with van der Waals surface area (Å²) in [5, 5.41) is 6.03. The fraction of sp³-hybridized carbons (Fsp3) is 0.474. The van der Waals surface area contributed by atoms with Crippen molar-refractivity contribution in [2.75, 3.05) is 5.32 Å². The van der Waals surface area contributed by atoms with Crippen molar-refractivity contribution in [3.63, 3.8) is 0 Å². The van der Waals surface area contributed by atoms with Crippen LogP contribution in [0.2, 0.25) is 0 Å². The second kappa shape index (κ2) is 8.11. The van der Waals surface area contributed by atoms with Crippen molar-refractivity contribution < 1.29 is 31.5 Å². The molecule has 0 atom stereocenters. The standard InChI is InChI=1S/C19H19F5N4O2/c1-11-15(17(30)26-13-4-7-25-14(8-13)10-29)28(27-16(11)19(22,23)24)9-12-2-5-18(20,21)6-3-12/h4,7-8,10,12H,2-3,5-6,9H2,1H3,(H,25,26,30). The summed E-state index contributed by atoms with van der Waals surface area (Å²) in [6.45, 7) is 1.06. The Morgan fingerprint density at radius 2 is 2.00 bits per heavy atom. The van der Waals surface area contributed by atoms with Gasteiger partial charge in [0.25, 0.3) is 5.91 Å². The first-order valence-corrected chi connectivity index (χ1v) is 9.25. The second-order valence-corrected chi connectivity index (χ2v) is 7.34. The van der Waals surface area contributed by atoms with E-state index in [4.69, 9.17) is 0 Å². The largest absolute Gasteiger partial charge is 0.435 e. The topological polar surface area (TPSA) is 76.9 Å². The number of aldehydes is 1. The molecule has 2 aromatic rings. The van der Waals surface area contributed by atoms with Crippen molar-refractivity contribution in [3.8, 4) is 0 Å². The van der Waals surface area contributed by atoms with Gasteiger partial charge in [-0.05, 0) is 37.8 Å². The highest BCUT2D eigenvalue weighted by atomic mass is 19.4. The van der Waals surface area contributed by atoms with Crippen molar-refractivity contribution >= 4 is 17.9 Å². The Morgan fingerprint density at radius 1 is 1.33 bits per heavy atom. The fourth-order valence-corrected chi connectivity index (χ4v) is 3.55. The van der Waals surface area contributed by atoms with Gasteiger partial charge in [-0.2, -0.15) is 18.3 Å². The Balaban J connectivity index is 1.90. The van der Waals surface area contributed by atoms with Crippen LogP contribution in [0.5, 0.6) is 0 Å². The Hall–Kier alpha value is -2.85. The molecular formula is C19H19F5N4O2. The fourth-order valence-electron chi connectivity index (χ4n) is 3.55. The van der Waals surface area contributed by atoms with E-state index in [-0.39, 0.29) is 60.8 Å². The molecule has 0 aliphatic heterocycles. The van der Waals surface area contributed by atoms with Gasteiger partial charge in [-0.15, -0.1) is 0 Å². The van der Waals surface area contributed by atoms with Crippen LogP contribution in [0.1, 0.15) is 57.9 Å². The molecule has 30 heavy (non-hydrogen) atoms. The monoisotopic (exact) mass is 430 g/mol. The first kappa shape index (κ1) is 21.8. The highest BCUT2D eigenvalue weighted by Crippen LogP contribution is 2.38. The van der Waals surface area contributed by atoms with Crippen molar-refractivity contribution in [2.24, 2.45) is 5.92 Å². The third-order valence-corrected chi connectivity index (χ3v) is 5.10. The summed E-state index contributed by atoms with van der Waals surface area (Å²) in [5.41, 5.74) is -1.64. The molecule has 0 spiro atoms. The molecule has 0 aromatic carbocycles. The summed E-state index contributed by atoms with van der Waals surface area (Å²) < 4.78 is 67.8. The summed E-state index contributed by atoms with van der Waals surface area (Å²) in [5.74, 6) is -3.94. The number of pyridine rings is 1. The van der Waals surface area contributed by atoms with Gasteiger partial charge in [0.15, 0.2) is 12.0 Å². The minimum absolute atomic E-state index is 0.0390. The number of nitrogens with one attached hydrogen (secondary N) is 1. The smallest absolute Gasteiger partial charge is 0.321 e. The van der Waals surface area contributed by atoms with Gasteiger partial charge in [0, 0.05) is 36.8 Å². The molecule has 2 aromatic heterocycles. The molecule has 0 radical (unpaired) electrons. The molecule has 0 bridgehead atoms. The van der Waals surface area contributed by atoms with Crippen molar-refractivity contribution in [1.82, 2.24) is 14.8 Å². The third kappa shape index (κ3) is 4.82. The normalized spacial score (nSPS) is 17.0. The molecule has 162 valence electrons. The van der Waals surface area contributed by atoms with Crippen LogP contribution in [0, 0.1) is 12.8 Å². The van der Waals surface area contributed by atoms with Gasteiger partial charge in [0.05, 0.1) is 0 Å². The average Bonchev–Trinajstić information content (AvgIpc) is 3.00. The molecule has 1 saturated carbocycles. The molecule has 1 fully saturated rings. The number of carbonyl (C=O) groups excluding carboxylic acids is 2. The van der Waals surface area contributed by atoms with E-state index in [1.165, 1.54) is 18.3 Å². The summed E-state index contributed by atoms with van der Waals surface area (Å²) in [4.78, 5) is 27.4. The third-order valence-electron chi connectivity index (χ3n) is 5.10. The summed E-state index contributed by atoms with van der Waals surface area (Å²) >= 11 is 0. The van der Waals surface area contributed by atoms with Crippen LogP contribution in [-0.2, 0) is 12.7 Å². The predicted octanol–water partition coefficient (Wildman–Crippen LogP) is 4.50. The highest BCUT2D eigenvalue weighted by molar-refractivity contribution is 6.04. The van der Waals surface area contributed by atoms with E-state index < -0.39 is 23.7 Å². The van der Waals surface area contributed by atoms with Crippen molar-refractivity contribution in [3.05, 3.63) is 41.0 Å². The van der Waals surface area contributed by atoms with E-state index in [9.17, 15) is 31.5 Å². The molecule has 3 rings (SSSR count). The van der Waals surface area contributed by atoms with Crippen LogP contribution < -0.4 is 5.32 Å². The van der Waals surface area contributed by atoms with Crippen LogP contribution in [0.25, 0.3) is 0 Å². The number of rotatable bonds is 5. The van der Waals surface area contributed by atoms with Crippen molar-refractivity contribution in [2.45, 2.75) is 51.3 Å². The highest BCUT2D eigenvalue weighted by Gasteiger charge is 2.40. The lowest BCUT2D eigenvalue weighted by atomic mass is 9.87. The molecular weight excluding hydrogens is 411 g/mol. The van der Waals surface area contributed by atoms with Gasteiger partial charge in [-0.3, -0.25) is 19.3 Å². The zero-order valence-electron chi connectivity index (χ0n) is 16.0. The van der Waals surface area contributed by atoms with Gasteiger partial charge in [-0.1, -0.05) is 0 Å². The lowest BCUT2D eigenvalue weighted by Gasteiger charge is -2.28. The Morgan fingerprint density at radius 3 is 2.60 bits per heavy atom. The predicted molar refractivity (Wildman–Crippen MR) is 96.4 cm³/mol. The molecule has 2 heterocycles. The molecule has 1 N–H and O–H groups in total. The van der Waals surface area contributed by atoms with Crippen LogP contribution in [0.4, 0.5) is 27.6 Å². The lowest BCUT2D eigenvalue weighted by molar-refractivity contribution is -0.142. The molecule has 11 heteroatoms. The van der Waals surface area contributed by atoms with Gasteiger partial charge in [0.2, 0.25) is 5.92 Å². The lowest BCUT2D eigenvalue weighted by Crippen LogP contribution is -2.28. The summed E-state index contributed by atoms with van der Waals surface area (Å²) in [7, 11) is 0. The number of amides is 1. The molecule has 1 amide bonds. The Labute approximate surface area is 168 Å². The van der Waals surface area contributed by atoms with Gasteiger partial charge in [-0.25, -0.2) is 8.78 Å². The minimum Gasteiger partial charge on any atom is -0.321 e. The maximum atomic E-state index is 13.4. The maximum Gasteiger partial charge on any atom is 0.435 e. The maximum absolute atomic E-state index is 13.4. The number of hydrogen-bond donors (Lipinski definition) is 1. The van der Waals surface area contributed by atoms with Crippen LogP contribution in [-0.4, -0.2) is 32.9 Å². The number of anilines is 1. The van der Waals surface area contributed by atoms with E-state index in [0.717, 1.165) is 11.6 Å². The van der Waals surface area contributed by atoms with Crippen LogP contribution >= 0.6 is 0 Å². The van der Waals surface area contributed by atoms with E-state index in [2.05, 4.69) is 15.4 Å². The molecule has 6 nitrogen and oxygen atoms in total. The summed E-state index contributed by atoms with van der Waals surface area (Å²) in [6, 6.07) is 2.66. The van der Waals surface area contributed by atoms with E-state index in [1.54, 1.807) is 0 Å². The molecule has 0 unspecified atom stereocenters.